The molecule has 0 spiro atoms. The third-order valence-electron chi connectivity index (χ3n) is 6.15. The summed E-state index contributed by atoms with van der Waals surface area (Å²) in [5, 5.41) is 11.5. The first-order chi connectivity index (χ1) is 14.8. The molecule has 0 fully saturated rings. The van der Waals surface area contributed by atoms with Gasteiger partial charge in [-0.15, -0.1) is 0 Å². The lowest BCUT2D eigenvalue weighted by molar-refractivity contribution is -0.131. The van der Waals surface area contributed by atoms with Gasteiger partial charge in [0.15, 0.2) is 0 Å². The summed E-state index contributed by atoms with van der Waals surface area (Å²) >= 11 is 0. The van der Waals surface area contributed by atoms with E-state index in [9.17, 15) is 9.59 Å². The summed E-state index contributed by atoms with van der Waals surface area (Å²) in [4.78, 5) is 30.6. The number of methoxy groups -OCH3 is 1. The molecular weight excluding hydrogens is 394 g/mol. The predicted molar refractivity (Wildman–Crippen MR) is 120 cm³/mol. The number of hydrogen-bond donors (Lipinski definition) is 3. The lowest BCUT2D eigenvalue weighted by Gasteiger charge is -2.37. The maximum absolute atomic E-state index is 11.9. The van der Waals surface area contributed by atoms with Crippen LogP contribution in [0, 0.1) is 23.7 Å². The Hall–Kier alpha value is -3.09. The number of allylic oxidation sites excluding steroid dienone is 1. The lowest BCUT2D eigenvalue weighted by atomic mass is 9.70. The molecule has 3 rings (SSSR count). The zero-order chi connectivity index (χ0) is 22.5. The number of rotatable bonds is 8. The fourth-order valence-electron chi connectivity index (χ4n) is 4.43. The molecule has 1 aromatic heterocycles. The van der Waals surface area contributed by atoms with E-state index < -0.39 is 5.97 Å². The molecule has 0 radical (unpaired) electrons. The van der Waals surface area contributed by atoms with Crippen molar-refractivity contribution in [2.75, 3.05) is 13.7 Å². The van der Waals surface area contributed by atoms with Crippen LogP contribution in [-0.4, -0.2) is 40.6 Å². The molecule has 166 valence electrons. The number of carboxylic acids is 1. The maximum Gasteiger partial charge on any atom is 0.328 e. The standard InChI is InChI=1S/C24H31N3O4/c1-14(2)19-10-16(11-22-26-20-6-5-18(31-4)12-21(20)27-22)15(3)9-17(19)13-25-23(28)7-8-24(29)30/h5-9,12,14,16-17,19H,10-11,13H2,1-4H3,(H,25,28)(H,26,27)(H,29,30)/b8-7+/t16-,17-,19-/m0/s1. The van der Waals surface area contributed by atoms with Crippen molar-refractivity contribution < 1.29 is 19.4 Å². The molecule has 1 aliphatic carbocycles. The molecule has 1 amide bonds. The second-order valence-corrected chi connectivity index (χ2v) is 8.60. The monoisotopic (exact) mass is 425 g/mol. The van der Waals surface area contributed by atoms with Gasteiger partial charge in [0.05, 0.1) is 18.1 Å². The van der Waals surface area contributed by atoms with E-state index in [1.54, 1.807) is 7.11 Å². The molecule has 1 aromatic carbocycles. The Balaban J connectivity index is 1.71. The van der Waals surface area contributed by atoms with E-state index >= 15 is 0 Å². The van der Waals surface area contributed by atoms with Crippen molar-refractivity contribution in [2.45, 2.75) is 33.6 Å². The Morgan fingerprint density at radius 1 is 1.35 bits per heavy atom. The van der Waals surface area contributed by atoms with Crippen LogP contribution in [0.4, 0.5) is 0 Å². The Morgan fingerprint density at radius 3 is 2.81 bits per heavy atom. The lowest BCUT2D eigenvalue weighted by Crippen LogP contribution is -2.36. The summed E-state index contributed by atoms with van der Waals surface area (Å²) in [6, 6.07) is 5.84. The van der Waals surface area contributed by atoms with Crippen LogP contribution in [0.25, 0.3) is 11.0 Å². The summed E-state index contributed by atoms with van der Waals surface area (Å²) in [5.41, 5.74) is 3.21. The molecule has 7 nitrogen and oxygen atoms in total. The third kappa shape index (κ3) is 5.75. The Morgan fingerprint density at radius 2 is 2.13 bits per heavy atom. The van der Waals surface area contributed by atoms with Crippen molar-refractivity contribution >= 4 is 22.9 Å². The number of nitrogens with one attached hydrogen (secondary N) is 2. The topological polar surface area (TPSA) is 104 Å². The van der Waals surface area contributed by atoms with Crippen LogP contribution in [0.5, 0.6) is 5.75 Å². The van der Waals surface area contributed by atoms with E-state index in [2.05, 4.69) is 37.1 Å². The molecule has 0 saturated carbocycles. The van der Waals surface area contributed by atoms with Crippen molar-refractivity contribution in [3.8, 4) is 5.75 Å². The number of hydrogen-bond acceptors (Lipinski definition) is 4. The normalized spacial score (nSPS) is 21.5. The molecule has 0 bridgehead atoms. The van der Waals surface area contributed by atoms with Gasteiger partial charge in [0.2, 0.25) is 5.91 Å². The second-order valence-electron chi connectivity index (χ2n) is 8.60. The van der Waals surface area contributed by atoms with E-state index in [1.165, 1.54) is 5.57 Å². The van der Waals surface area contributed by atoms with Gasteiger partial charge in [-0.05, 0) is 49.1 Å². The Bertz CT molecular complexity index is 1010. The average Bonchev–Trinajstić information content (AvgIpc) is 3.13. The summed E-state index contributed by atoms with van der Waals surface area (Å²) in [5.74, 6) is 1.75. The minimum atomic E-state index is -1.13. The first-order valence-electron chi connectivity index (χ1n) is 10.7. The number of nitrogens with zero attached hydrogens (tertiary/aromatic N) is 1. The van der Waals surface area contributed by atoms with Gasteiger partial charge >= 0.3 is 5.97 Å². The van der Waals surface area contributed by atoms with E-state index in [0.717, 1.165) is 47.6 Å². The van der Waals surface area contributed by atoms with Crippen LogP contribution in [0.1, 0.15) is 33.0 Å². The van der Waals surface area contributed by atoms with Crippen molar-refractivity contribution in [1.82, 2.24) is 15.3 Å². The second kappa shape index (κ2) is 9.81. The highest BCUT2D eigenvalue weighted by Gasteiger charge is 2.32. The highest BCUT2D eigenvalue weighted by Crippen LogP contribution is 2.38. The molecule has 0 aliphatic heterocycles. The first kappa shape index (κ1) is 22.6. The van der Waals surface area contributed by atoms with Gasteiger partial charge in [-0.25, -0.2) is 9.78 Å². The number of aromatic nitrogens is 2. The maximum atomic E-state index is 11.9. The number of carboxylic acid groups (broad SMARTS) is 1. The third-order valence-corrected chi connectivity index (χ3v) is 6.15. The van der Waals surface area contributed by atoms with E-state index in [4.69, 9.17) is 14.8 Å². The highest BCUT2D eigenvalue weighted by atomic mass is 16.5. The molecule has 2 aromatic rings. The van der Waals surface area contributed by atoms with Crippen molar-refractivity contribution in [3.05, 3.63) is 47.8 Å². The van der Waals surface area contributed by atoms with Gasteiger partial charge in [0.25, 0.3) is 0 Å². The SMILES string of the molecule is COc1ccc2nc(C[C@@H]3C[C@@H](C(C)C)[C@H](CNC(=O)/C=C/C(=O)O)C=C3C)[nH]c2c1. The van der Waals surface area contributed by atoms with E-state index in [1.807, 2.05) is 18.2 Å². The predicted octanol–water partition coefficient (Wildman–Crippen LogP) is 3.73. The first-order valence-corrected chi connectivity index (χ1v) is 10.7. The van der Waals surface area contributed by atoms with Gasteiger partial charge in [0, 0.05) is 31.2 Å². The molecule has 0 saturated heterocycles. The Labute approximate surface area is 182 Å². The van der Waals surface area contributed by atoms with Crippen molar-refractivity contribution in [1.29, 1.82) is 0 Å². The minimum absolute atomic E-state index is 0.221. The number of benzene rings is 1. The van der Waals surface area contributed by atoms with Crippen LogP contribution >= 0.6 is 0 Å². The zero-order valence-electron chi connectivity index (χ0n) is 18.5. The molecule has 0 unspecified atom stereocenters. The van der Waals surface area contributed by atoms with E-state index in [-0.39, 0.29) is 11.8 Å². The fraction of sp³-hybridized carbons (Fsp3) is 0.458. The van der Waals surface area contributed by atoms with Crippen molar-refractivity contribution in [3.63, 3.8) is 0 Å². The summed E-state index contributed by atoms with van der Waals surface area (Å²) in [6.07, 6.45) is 6.04. The van der Waals surface area contributed by atoms with Crippen LogP contribution in [0.2, 0.25) is 0 Å². The van der Waals surface area contributed by atoms with Gasteiger partial charge < -0.3 is 20.1 Å². The zero-order valence-corrected chi connectivity index (χ0v) is 18.5. The molecule has 1 aliphatic rings. The van der Waals surface area contributed by atoms with Crippen molar-refractivity contribution in [2.24, 2.45) is 23.7 Å². The van der Waals surface area contributed by atoms with Crippen LogP contribution in [0.15, 0.2) is 42.0 Å². The van der Waals surface area contributed by atoms with Crippen LogP contribution in [0.3, 0.4) is 0 Å². The molecule has 3 atom stereocenters. The number of ether oxygens (including phenoxy) is 1. The number of carbonyl (C=O) groups excluding carboxylic acids is 1. The average molecular weight is 426 g/mol. The summed E-state index contributed by atoms with van der Waals surface area (Å²) < 4.78 is 5.30. The number of aliphatic carboxylic acids is 1. The van der Waals surface area contributed by atoms with Gasteiger partial charge in [0.1, 0.15) is 11.6 Å². The van der Waals surface area contributed by atoms with Crippen LogP contribution < -0.4 is 10.1 Å². The number of carbonyl (C=O) groups is 2. The Kier molecular flexibility index (Phi) is 7.15. The number of imidazole rings is 1. The molecule has 7 heteroatoms. The quantitative estimate of drug-likeness (QED) is 0.442. The van der Waals surface area contributed by atoms with Gasteiger partial charge in [-0.3, -0.25) is 4.79 Å². The molecular formula is C24H31N3O4. The number of amides is 1. The minimum Gasteiger partial charge on any atom is -0.497 e. The highest BCUT2D eigenvalue weighted by molar-refractivity contribution is 5.93. The fourth-order valence-corrected chi connectivity index (χ4v) is 4.43. The largest absolute Gasteiger partial charge is 0.497 e. The van der Waals surface area contributed by atoms with E-state index in [0.29, 0.717) is 24.3 Å². The van der Waals surface area contributed by atoms with Gasteiger partial charge in [-0.2, -0.15) is 0 Å². The van der Waals surface area contributed by atoms with Crippen LogP contribution in [-0.2, 0) is 16.0 Å². The molecule has 31 heavy (non-hydrogen) atoms. The molecule has 1 heterocycles. The van der Waals surface area contributed by atoms with Gasteiger partial charge in [-0.1, -0.05) is 25.5 Å². The number of aromatic amines is 1. The molecule has 3 N–H and O–H groups in total. The number of fused-ring (bicyclic) bond motifs is 1. The summed E-state index contributed by atoms with van der Waals surface area (Å²) in [7, 11) is 1.65. The number of H-pyrrole nitrogens is 1. The smallest absolute Gasteiger partial charge is 0.328 e. The summed E-state index contributed by atoms with van der Waals surface area (Å²) in [6.45, 7) is 7.07.